The first-order valence-corrected chi connectivity index (χ1v) is 5.75. The van der Waals surface area contributed by atoms with E-state index in [4.69, 9.17) is 5.11 Å². The fraction of sp³-hybridized carbons (Fsp3) is 0.214. The van der Waals surface area contributed by atoms with Gasteiger partial charge in [0, 0.05) is 5.56 Å². The number of aryl methyl sites for hydroxylation is 1. The lowest BCUT2D eigenvalue weighted by atomic mass is 10.1. The second kappa shape index (κ2) is 5.42. The van der Waals surface area contributed by atoms with Crippen LogP contribution in [0.25, 0.3) is 11.3 Å². The van der Waals surface area contributed by atoms with Gasteiger partial charge in [0.15, 0.2) is 11.6 Å². The Morgan fingerprint density at radius 3 is 2.58 bits per heavy atom. The highest BCUT2D eigenvalue weighted by molar-refractivity contribution is 5.60. The van der Waals surface area contributed by atoms with E-state index in [1.165, 1.54) is 31.2 Å². The summed E-state index contributed by atoms with van der Waals surface area (Å²) in [5, 5.41) is 18.3. The van der Waals surface area contributed by atoms with E-state index in [-0.39, 0.29) is 22.5 Å². The van der Waals surface area contributed by atoms with Gasteiger partial charge in [-0.15, -0.1) is 0 Å². The zero-order chi connectivity index (χ0) is 14.0. The van der Waals surface area contributed by atoms with Crippen LogP contribution in [0.1, 0.15) is 17.4 Å². The van der Waals surface area contributed by atoms with E-state index in [0.29, 0.717) is 0 Å². The summed E-state index contributed by atoms with van der Waals surface area (Å²) in [7, 11) is 0. The summed E-state index contributed by atoms with van der Waals surface area (Å²) in [6, 6.07) is 7.48. The van der Waals surface area contributed by atoms with E-state index >= 15 is 0 Å². The van der Waals surface area contributed by atoms with Crippen molar-refractivity contribution in [1.29, 1.82) is 0 Å². The molecule has 3 nitrogen and oxygen atoms in total. The van der Waals surface area contributed by atoms with Gasteiger partial charge < -0.3 is 10.2 Å². The molecule has 0 aliphatic heterocycles. The first kappa shape index (κ1) is 13.6. The maximum Gasteiger partial charge on any atom is 0.168 e. The first-order chi connectivity index (χ1) is 9.04. The van der Waals surface area contributed by atoms with Crippen LogP contribution in [0.5, 0.6) is 0 Å². The molecule has 0 amide bonds. The third kappa shape index (κ3) is 2.62. The monoisotopic (exact) mass is 265 g/mol. The SMILES string of the molecule is Cc1ccc(-c2cccc(C(O)CO)n2)c(F)c1F. The Balaban J connectivity index is 2.51. The fourth-order valence-electron chi connectivity index (χ4n) is 1.72. The minimum Gasteiger partial charge on any atom is -0.393 e. The third-order valence-electron chi connectivity index (χ3n) is 2.84. The Hall–Kier alpha value is -1.85. The van der Waals surface area contributed by atoms with Gasteiger partial charge in [-0.25, -0.2) is 13.8 Å². The topological polar surface area (TPSA) is 53.4 Å². The van der Waals surface area contributed by atoms with Crippen molar-refractivity contribution in [1.82, 2.24) is 4.98 Å². The normalized spacial score (nSPS) is 12.5. The van der Waals surface area contributed by atoms with Crippen molar-refractivity contribution < 1.29 is 19.0 Å². The molecule has 0 aliphatic rings. The van der Waals surface area contributed by atoms with Gasteiger partial charge in [0.25, 0.3) is 0 Å². The molecule has 0 saturated carbocycles. The van der Waals surface area contributed by atoms with Crippen LogP contribution in [-0.4, -0.2) is 21.8 Å². The second-order valence-corrected chi connectivity index (χ2v) is 4.20. The lowest BCUT2D eigenvalue weighted by molar-refractivity contribution is 0.0923. The lowest BCUT2D eigenvalue weighted by Crippen LogP contribution is -2.05. The van der Waals surface area contributed by atoms with E-state index in [0.717, 1.165) is 0 Å². The maximum atomic E-state index is 13.8. The van der Waals surface area contributed by atoms with Crippen molar-refractivity contribution in [3.63, 3.8) is 0 Å². The number of halogens is 2. The summed E-state index contributed by atoms with van der Waals surface area (Å²) < 4.78 is 27.3. The molecule has 1 heterocycles. The summed E-state index contributed by atoms with van der Waals surface area (Å²) in [6.07, 6.45) is -1.14. The summed E-state index contributed by atoms with van der Waals surface area (Å²) in [5.74, 6) is -1.88. The third-order valence-corrected chi connectivity index (χ3v) is 2.84. The Morgan fingerprint density at radius 2 is 1.89 bits per heavy atom. The number of hydrogen-bond donors (Lipinski definition) is 2. The van der Waals surface area contributed by atoms with Crippen LogP contribution in [0, 0.1) is 18.6 Å². The number of nitrogens with zero attached hydrogens (tertiary/aromatic N) is 1. The molecule has 0 fully saturated rings. The Kier molecular flexibility index (Phi) is 3.87. The smallest absolute Gasteiger partial charge is 0.168 e. The number of aromatic nitrogens is 1. The van der Waals surface area contributed by atoms with Gasteiger partial charge >= 0.3 is 0 Å². The van der Waals surface area contributed by atoms with E-state index in [1.54, 1.807) is 6.07 Å². The quantitative estimate of drug-likeness (QED) is 0.895. The number of aliphatic hydroxyl groups is 2. The van der Waals surface area contributed by atoms with E-state index in [1.807, 2.05) is 0 Å². The van der Waals surface area contributed by atoms with Gasteiger partial charge in [0.05, 0.1) is 18.0 Å². The summed E-state index contributed by atoms with van der Waals surface area (Å²) in [5.41, 5.74) is 0.657. The van der Waals surface area contributed by atoms with Gasteiger partial charge in [0.1, 0.15) is 6.10 Å². The molecule has 1 aromatic heterocycles. The second-order valence-electron chi connectivity index (χ2n) is 4.20. The van der Waals surface area contributed by atoms with Crippen molar-refractivity contribution in [3.05, 3.63) is 53.2 Å². The molecule has 19 heavy (non-hydrogen) atoms. The van der Waals surface area contributed by atoms with E-state index in [9.17, 15) is 13.9 Å². The molecule has 1 atom stereocenters. The maximum absolute atomic E-state index is 13.8. The molecule has 5 heteroatoms. The van der Waals surface area contributed by atoms with Gasteiger partial charge in [-0.3, -0.25) is 0 Å². The zero-order valence-electron chi connectivity index (χ0n) is 10.3. The minimum atomic E-state index is -1.14. The van der Waals surface area contributed by atoms with Crippen LogP contribution in [0.3, 0.4) is 0 Å². The molecule has 0 bridgehead atoms. The van der Waals surface area contributed by atoms with Crippen LogP contribution in [0.2, 0.25) is 0 Å². The molecule has 0 aliphatic carbocycles. The van der Waals surface area contributed by atoms with Crippen LogP contribution in [0.15, 0.2) is 30.3 Å². The first-order valence-electron chi connectivity index (χ1n) is 5.75. The molecule has 2 N–H and O–H groups in total. The van der Waals surface area contributed by atoms with Crippen molar-refractivity contribution in [2.75, 3.05) is 6.61 Å². The van der Waals surface area contributed by atoms with Gasteiger partial charge in [-0.2, -0.15) is 0 Å². The lowest BCUT2D eigenvalue weighted by Gasteiger charge is -2.10. The molecule has 1 aromatic carbocycles. The Bertz CT molecular complexity index is 602. The summed E-state index contributed by atoms with van der Waals surface area (Å²) >= 11 is 0. The van der Waals surface area contributed by atoms with E-state index in [2.05, 4.69) is 4.98 Å². The molecule has 2 rings (SSSR count). The summed E-state index contributed by atoms with van der Waals surface area (Å²) in [6.45, 7) is 0.989. The average Bonchev–Trinajstić information content (AvgIpc) is 2.44. The Labute approximate surface area is 109 Å². The van der Waals surface area contributed by atoms with Crippen molar-refractivity contribution in [2.24, 2.45) is 0 Å². The predicted molar refractivity (Wildman–Crippen MR) is 66.4 cm³/mol. The fourth-order valence-corrected chi connectivity index (χ4v) is 1.72. The Morgan fingerprint density at radius 1 is 1.16 bits per heavy atom. The van der Waals surface area contributed by atoms with Crippen LogP contribution in [-0.2, 0) is 0 Å². The van der Waals surface area contributed by atoms with Crippen LogP contribution < -0.4 is 0 Å². The van der Waals surface area contributed by atoms with Crippen LogP contribution in [0.4, 0.5) is 8.78 Å². The highest BCUT2D eigenvalue weighted by atomic mass is 19.2. The molecule has 1 unspecified atom stereocenters. The molecule has 0 spiro atoms. The van der Waals surface area contributed by atoms with Crippen molar-refractivity contribution in [2.45, 2.75) is 13.0 Å². The minimum absolute atomic E-state index is 0.0232. The molecular weight excluding hydrogens is 252 g/mol. The number of rotatable bonds is 3. The number of hydrogen-bond acceptors (Lipinski definition) is 3. The van der Waals surface area contributed by atoms with Gasteiger partial charge in [0.2, 0.25) is 0 Å². The molecule has 2 aromatic rings. The number of pyridine rings is 1. The molecular formula is C14H13F2NO2. The van der Waals surface area contributed by atoms with Crippen LogP contribution >= 0.6 is 0 Å². The van der Waals surface area contributed by atoms with E-state index < -0.39 is 24.3 Å². The molecule has 0 saturated heterocycles. The molecule has 100 valence electrons. The number of aliphatic hydroxyl groups excluding tert-OH is 2. The molecule has 0 radical (unpaired) electrons. The standard InChI is InChI=1S/C14H13F2NO2/c1-8-5-6-9(14(16)13(8)15)10-3-2-4-11(17-10)12(19)7-18/h2-6,12,18-19H,7H2,1H3. The van der Waals surface area contributed by atoms with Crippen molar-refractivity contribution in [3.8, 4) is 11.3 Å². The predicted octanol–water partition coefficient (Wildman–Crippen LogP) is 2.36. The average molecular weight is 265 g/mol. The van der Waals surface area contributed by atoms with Gasteiger partial charge in [-0.05, 0) is 30.7 Å². The summed E-state index contributed by atoms with van der Waals surface area (Å²) in [4.78, 5) is 4.03. The highest BCUT2D eigenvalue weighted by Gasteiger charge is 2.15. The largest absolute Gasteiger partial charge is 0.393 e. The van der Waals surface area contributed by atoms with Gasteiger partial charge in [-0.1, -0.05) is 12.1 Å². The zero-order valence-corrected chi connectivity index (χ0v) is 10.3. The number of benzene rings is 1. The van der Waals surface area contributed by atoms with Crippen molar-refractivity contribution >= 4 is 0 Å². The highest BCUT2D eigenvalue weighted by Crippen LogP contribution is 2.25.